The Morgan fingerprint density at radius 2 is 1.88 bits per heavy atom. The first-order valence-corrected chi connectivity index (χ1v) is 10.4. The number of aromatic nitrogens is 6. The number of fused-ring (bicyclic) bond motifs is 2. The van der Waals surface area contributed by atoms with Crippen LogP contribution in [0.4, 0.5) is 13.2 Å². The summed E-state index contributed by atoms with van der Waals surface area (Å²) < 4.78 is 40.9. The summed E-state index contributed by atoms with van der Waals surface area (Å²) in [4.78, 5) is 36.2. The summed E-state index contributed by atoms with van der Waals surface area (Å²) >= 11 is 0. The average Bonchev–Trinajstić information content (AvgIpc) is 3.45. The second kappa shape index (κ2) is 7.11. The molecule has 1 aliphatic rings. The summed E-state index contributed by atoms with van der Waals surface area (Å²) in [7, 11) is 0. The molecule has 1 saturated carbocycles. The third-order valence-electron chi connectivity index (χ3n) is 6.14. The van der Waals surface area contributed by atoms with Gasteiger partial charge in [-0.05, 0) is 41.3 Å². The Labute approximate surface area is 188 Å². The summed E-state index contributed by atoms with van der Waals surface area (Å²) in [5.74, 6) is 0.131. The maximum atomic E-state index is 13.1. The van der Waals surface area contributed by atoms with E-state index in [0.717, 1.165) is 23.6 Å². The van der Waals surface area contributed by atoms with E-state index in [9.17, 15) is 22.8 Å². The van der Waals surface area contributed by atoms with Gasteiger partial charge in [0, 0.05) is 35.7 Å². The van der Waals surface area contributed by atoms with E-state index >= 15 is 0 Å². The van der Waals surface area contributed by atoms with Crippen molar-refractivity contribution in [1.29, 1.82) is 0 Å². The molecule has 0 bridgehead atoms. The lowest BCUT2D eigenvalue weighted by atomic mass is 10.0. The number of hydrogen-bond donors (Lipinski definition) is 2. The minimum atomic E-state index is -4.51. The third kappa shape index (κ3) is 3.36. The summed E-state index contributed by atoms with van der Waals surface area (Å²) in [6.07, 6.45) is 2.09. The zero-order valence-electron chi connectivity index (χ0n) is 17.3. The van der Waals surface area contributed by atoms with Crippen LogP contribution in [0, 0.1) is 0 Å². The SMILES string of the molecule is O=c1[nH]cc(-c2cc(C3C[C@@H]3c3ccc4cnc(C(F)(F)F)cc4c3)c3nccn3n2)c(=O)[nH]1. The zero-order chi connectivity index (χ0) is 23.6. The molecule has 5 aromatic rings. The predicted molar refractivity (Wildman–Crippen MR) is 117 cm³/mol. The van der Waals surface area contributed by atoms with Gasteiger partial charge in [0.1, 0.15) is 5.69 Å². The van der Waals surface area contributed by atoms with Crippen molar-refractivity contribution in [3.8, 4) is 11.3 Å². The highest BCUT2D eigenvalue weighted by Crippen LogP contribution is 2.56. The van der Waals surface area contributed by atoms with Gasteiger partial charge >= 0.3 is 11.9 Å². The highest BCUT2D eigenvalue weighted by atomic mass is 19.4. The number of pyridine rings is 1. The standard InChI is InChI=1S/C23H15F3N6O2/c24-23(25,26)19-6-13-5-11(1-2-12(13)9-28-19)14-7-15(14)16-8-18(31-32-4-3-27-20(16)32)17-10-29-22(34)30-21(17)33/h1-6,8-10,14-15H,7H2,(H2,29,30,33,34)/t14-,15?/m1/s1. The fraction of sp³-hybridized carbons (Fsp3) is 0.174. The van der Waals surface area contributed by atoms with E-state index in [4.69, 9.17) is 0 Å². The van der Waals surface area contributed by atoms with Crippen LogP contribution in [-0.2, 0) is 6.18 Å². The monoisotopic (exact) mass is 464 g/mol. The molecule has 0 radical (unpaired) electrons. The molecular formula is C23H15F3N6O2. The molecule has 34 heavy (non-hydrogen) atoms. The number of rotatable bonds is 3. The van der Waals surface area contributed by atoms with Crippen LogP contribution in [0.3, 0.4) is 0 Å². The smallest absolute Gasteiger partial charge is 0.313 e. The van der Waals surface area contributed by atoms with Crippen LogP contribution in [0.2, 0.25) is 0 Å². The van der Waals surface area contributed by atoms with Crippen molar-refractivity contribution >= 4 is 16.4 Å². The van der Waals surface area contributed by atoms with Gasteiger partial charge < -0.3 is 4.98 Å². The van der Waals surface area contributed by atoms with Crippen molar-refractivity contribution in [3.05, 3.63) is 92.8 Å². The molecule has 11 heteroatoms. The Hall–Kier alpha value is -4.28. The number of benzene rings is 1. The van der Waals surface area contributed by atoms with Gasteiger partial charge in [-0.3, -0.25) is 14.8 Å². The van der Waals surface area contributed by atoms with E-state index in [-0.39, 0.29) is 17.4 Å². The second-order valence-electron chi connectivity index (χ2n) is 8.29. The molecule has 4 aromatic heterocycles. The molecule has 6 rings (SSSR count). The zero-order valence-corrected chi connectivity index (χ0v) is 17.3. The van der Waals surface area contributed by atoms with Crippen molar-refractivity contribution in [2.24, 2.45) is 0 Å². The molecule has 1 fully saturated rings. The average molecular weight is 464 g/mol. The Morgan fingerprint density at radius 3 is 2.68 bits per heavy atom. The topological polar surface area (TPSA) is 109 Å². The number of hydrogen-bond acceptors (Lipinski definition) is 5. The number of nitrogens with one attached hydrogen (secondary N) is 2. The molecule has 0 amide bonds. The number of H-pyrrole nitrogens is 2. The van der Waals surface area contributed by atoms with Gasteiger partial charge in [0.15, 0.2) is 5.65 Å². The summed E-state index contributed by atoms with van der Waals surface area (Å²) in [5.41, 5.74) is 0.931. The van der Waals surface area contributed by atoms with Crippen LogP contribution in [0.25, 0.3) is 27.7 Å². The van der Waals surface area contributed by atoms with Gasteiger partial charge in [-0.1, -0.05) is 18.2 Å². The Kier molecular flexibility index (Phi) is 4.25. The minimum Gasteiger partial charge on any atom is -0.313 e. The molecule has 1 unspecified atom stereocenters. The van der Waals surface area contributed by atoms with Gasteiger partial charge in [-0.2, -0.15) is 18.3 Å². The Bertz CT molecular complexity index is 1700. The van der Waals surface area contributed by atoms with Crippen LogP contribution >= 0.6 is 0 Å². The van der Waals surface area contributed by atoms with Gasteiger partial charge in [-0.25, -0.2) is 14.3 Å². The van der Waals surface area contributed by atoms with Crippen LogP contribution in [0.15, 0.2) is 64.7 Å². The maximum absolute atomic E-state index is 13.1. The minimum absolute atomic E-state index is 0.0508. The van der Waals surface area contributed by atoms with E-state index in [1.165, 1.54) is 12.4 Å². The fourth-order valence-electron chi connectivity index (χ4n) is 4.40. The lowest BCUT2D eigenvalue weighted by molar-refractivity contribution is -0.141. The van der Waals surface area contributed by atoms with Crippen molar-refractivity contribution in [2.75, 3.05) is 0 Å². The lowest BCUT2D eigenvalue weighted by Crippen LogP contribution is -2.23. The van der Waals surface area contributed by atoms with Crippen LogP contribution in [0.5, 0.6) is 0 Å². The van der Waals surface area contributed by atoms with Crippen LogP contribution in [0.1, 0.15) is 35.1 Å². The van der Waals surface area contributed by atoms with E-state index in [0.29, 0.717) is 22.1 Å². The fourth-order valence-corrected chi connectivity index (χ4v) is 4.40. The summed E-state index contributed by atoms with van der Waals surface area (Å²) in [5, 5.41) is 5.55. The molecule has 0 aliphatic heterocycles. The highest BCUT2D eigenvalue weighted by molar-refractivity contribution is 5.83. The van der Waals surface area contributed by atoms with E-state index in [1.54, 1.807) is 35.1 Å². The van der Waals surface area contributed by atoms with E-state index < -0.39 is 23.1 Å². The molecule has 1 aliphatic carbocycles. The number of imidazole rings is 1. The molecule has 4 heterocycles. The Balaban J connectivity index is 1.40. The van der Waals surface area contributed by atoms with Crippen LogP contribution < -0.4 is 11.2 Å². The third-order valence-corrected chi connectivity index (χ3v) is 6.14. The number of nitrogens with zero attached hydrogens (tertiary/aromatic N) is 4. The van der Waals surface area contributed by atoms with Crippen molar-refractivity contribution in [1.82, 2.24) is 29.5 Å². The van der Waals surface area contributed by atoms with Crippen molar-refractivity contribution in [2.45, 2.75) is 24.4 Å². The van der Waals surface area contributed by atoms with Crippen molar-refractivity contribution in [3.63, 3.8) is 0 Å². The van der Waals surface area contributed by atoms with Gasteiger partial charge in [0.05, 0.1) is 11.3 Å². The molecule has 2 atom stereocenters. The molecule has 170 valence electrons. The van der Waals surface area contributed by atoms with Gasteiger partial charge in [0.2, 0.25) is 0 Å². The van der Waals surface area contributed by atoms with E-state index in [1.807, 2.05) is 6.07 Å². The highest BCUT2D eigenvalue weighted by Gasteiger charge is 2.41. The first-order valence-electron chi connectivity index (χ1n) is 10.4. The number of aromatic amines is 2. The first kappa shape index (κ1) is 20.3. The van der Waals surface area contributed by atoms with Crippen molar-refractivity contribution < 1.29 is 13.2 Å². The summed E-state index contributed by atoms with van der Waals surface area (Å²) in [6.45, 7) is 0. The molecule has 1 aromatic carbocycles. The van der Waals surface area contributed by atoms with Gasteiger partial charge in [0.25, 0.3) is 5.56 Å². The quantitative estimate of drug-likeness (QED) is 0.424. The largest absolute Gasteiger partial charge is 0.433 e. The van der Waals surface area contributed by atoms with E-state index in [2.05, 4.69) is 25.0 Å². The number of halogens is 3. The normalized spacial score (nSPS) is 18.0. The molecule has 0 saturated heterocycles. The number of alkyl halides is 3. The maximum Gasteiger partial charge on any atom is 0.433 e. The molecule has 2 N–H and O–H groups in total. The predicted octanol–water partition coefficient (Wildman–Crippen LogP) is 3.61. The molecular weight excluding hydrogens is 449 g/mol. The lowest BCUT2D eigenvalue weighted by Gasteiger charge is -2.09. The second-order valence-corrected chi connectivity index (χ2v) is 8.29. The molecule has 8 nitrogen and oxygen atoms in total. The van der Waals surface area contributed by atoms with Crippen LogP contribution in [-0.4, -0.2) is 29.5 Å². The first-order chi connectivity index (χ1) is 16.3. The molecule has 0 spiro atoms. The Morgan fingerprint density at radius 1 is 1.03 bits per heavy atom. The van der Waals surface area contributed by atoms with Gasteiger partial charge in [-0.15, -0.1) is 0 Å². The summed E-state index contributed by atoms with van der Waals surface area (Å²) in [6, 6.07) is 8.29.